The summed E-state index contributed by atoms with van der Waals surface area (Å²) in [6.45, 7) is 4.42. The molecule has 0 saturated heterocycles. The summed E-state index contributed by atoms with van der Waals surface area (Å²) in [5.41, 5.74) is 1.53. The minimum atomic E-state index is 0.672. The van der Waals surface area contributed by atoms with Gasteiger partial charge in [0, 0.05) is 18.1 Å². The van der Waals surface area contributed by atoms with Gasteiger partial charge in [-0.3, -0.25) is 4.79 Å². The number of pyridine rings is 1. The van der Waals surface area contributed by atoms with Gasteiger partial charge >= 0.3 is 0 Å². The maximum Gasteiger partial charge on any atom is 0.166 e. The first kappa shape index (κ1) is 9.65. The zero-order valence-electron chi connectivity index (χ0n) is 8.39. The van der Waals surface area contributed by atoms with Gasteiger partial charge in [0.2, 0.25) is 0 Å². The number of aromatic nitrogens is 2. The highest BCUT2D eigenvalue weighted by Gasteiger charge is 2.07. The Labute approximate surface area is 88.0 Å². The van der Waals surface area contributed by atoms with E-state index in [2.05, 4.69) is 11.6 Å². The number of carbonyl (C=O) groups is 1. The second-order valence-corrected chi connectivity index (χ2v) is 3.33. The van der Waals surface area contributed by atoms with Crippen LogP contribution in [0.1, 0.15) is 16.9 Å². The molecular weight excluding hydrogens is 188 g/mol. The molecule has 0 atom stereocenters. The molecule has 3 nitrogen and oxygen atoms in total. The number of carbonyl (C=O) groups excluding carboxylic acids is 1. The Morgan fingerprint density at radius 1 is 1.53 bits per heavy atom. The Morgan fingerprint density at radius 3 is 3.13 bits per heavy atom. The summed E-state index contributed by atoms with van der Waals surface area (Å²) >= 11 is 0. The summed E-state index contributed by atoms with van der Waals surface area (Å²) in [5.74, 6) is 0. The highest BCUT2D eigenvalue weighted by atomic mass is 16.1. The van der Waals surface area contributed by atoms with Crippen LogP contribution in [0.2, 0.25) is 0 Å². The third-order valence-corrected chi connectivity index (χ3v) is 2.37. The van der Waals surface area contributed by atoms with Crippen LogP contribution < -0.4 is 0 Å². The van der Waals surface area contributed by atoms with Crippen molar-refractivity contribution in [2.24, 2.45) is 0 Å². The molecule has 0 spiro atoms. The number of rotatable bonds is 4. The van der Waals surface area contributed by atoms with Crippen LogP contribution >= 0.6 is 0 Å². The average molecular weight is 200 g/mol. The van der Waals surface area contributed by atoms with E-state index in [1.165, 1.54) is 0 Å². The average Bonchev–Trinajstić information content (AvgIpc) is 2.64. The van der Waals surface area contributed by atoms with Crippen LogP contribution in [0.3, 0.4) is 0 Å². The van der Waals surface area contributed by atoms with Crippen LogP contribution in [0, 0.1) is 0 Å². The summed E-state index contributed by atoms with van der Waals surface area (Å²) in [4.78, 5) is 15.2. The highest BCUT2D eigenvalue weighted by Crippen LogP contribution is 2.16. The molecule has 0 aromatic carbocycles. The molecule has 2 aromatic rings. The number of fused-ring (bicyclic) bond motifs is 1. The Hall–Kier alpha value is -1.90. The van der Waals surface area contributed by atoms with Crippen molar-refractivity contribution in [3.63, 3.8) is 0 Å². The van der Waals surface area contributed by atoms with Crippen molar-refractivity contribution in [2.75, 3.05) is 0 Å². The monoisotopic (exact) mass is 200 g/mol. The summed E-state index contributed by atoms with van der Waals surface area (Å²) in [5, 5.41) is 1.00. The molecule has 2 rings (SSSR count). The number of aryl methyl sites for hydroxylation is 1. The molecule has 0 aliphatic heterocycles. The first-order chi connectivity index (χ1) is 7.36. The van der Waals surface area contributed by atoms with E-state index < -0.39 is 0 Å². The van der Waals surface area contributed by atoms with Crippen molar-refractivity contribution in [3.8, 4) is 0 Å². The Balaban J connectivity index is 2.56. The molecule has 0 radical (unpaired) electrons. The lowest BCUT2D eigenvalue weighted by Crippen LogP contribution is -2.02. The first-order valence-electron chi connectivity index (χ1n) is 4.87. The largest absolute Gasteiger partial charge is 0.323 e. The fourth-order valence-electron chi connectivity index (χ4n) is 1.66. The lowest BCUT2D eigenvalue weighted by Gasteiger charge is -2.03. The van der Waals surface area contributed by atoms with Gasteiger partial charge in [-0.25, -0.2) is 4.98 Å². The van der Waals surface area contributed by atoms with Gasteiger partial charge in [0.15, 0.2) is 6.29 Å². The van der Waals surface area contributed by atoms with E-state index in [4.69, 9.17) is 0 Å². The van der Waals surface area contributed by atoms with Gasteiger partial charge in [-0.1, -0.05) is 6.08 Å². The zero-order chi connectivity index (χ0) is 10.7. The van der Waals surface area contributed by atoms with Gasteiger partial charge in [-0.15, -0.1) is 6.58 Å². The number of hydrogen-bond donors (Lipinski definition) is 0. The van der Waals surface area contributed by atoms with Crippen LogP contribution in [0.4, 0.5) is 0 Å². The minimum Gasteiger partial charge on any atom is -0.323 e. The van der Waals surface area contributed by atoms with Crippen molar-refractivity contribution in [3.05, 3.63) is 42.7 Å². The molecule has 0 aliphatic rings. The topological polar surface area (TPSA) is 34.9 Å². The molecule has 0 bridgehead atoms. The standard InChI is InChI=1S/C12H12N2O/c1-2-3-7-14-11(9-15)8-10-5-4-6-13-12(10)14/h2,4-6,8-9H,1,3,7H2. The second-order valence-electron chi connectivity index (χ2n) is 3.33. The van der Waals surface area contributed by atoms with E-state index in [1.54, 1.807) is 6.20 Å². The van der Waals surface area contributed by atoms with E-state index >= 15 is 0 Å². The summed E-state index contributed by atoms with van der Waals surface area (Å²) in [6, 6.07) is 5.69. The van der Waals surface area contributed by atoms with Crippen LogP contribution in [-0.4, -0.2) is 15.8 Å². The van der Waals surface area contributed by atoms with E-state index in [-0.39, 0.29) is 0 Å². The number of allylic oxidation sites excluding steroid dienone is 1. The summed E-state index contributed by atoms with van der Waals surface area (Å²) < 4.78 is 1.92. The maximum absolute atomic E-state index is 10.9. The van der Waals surface area contributed by atoms with E-state index in [0.29, 0.717) is 5.69 Å². The van der Waals surface area contributed by atoms with E-state index in [1.807, 2.05) is 28.8 Å². The molecule has 0 unspecified atom stereocenters. The molecule has 15 heavy (non-hydrogen) atoms. The fraction of sp³-hybridized carbons (Fsp3) is 0.167. The van der Waals surface area contributed by atoms with Crippen LogP contribution in [-0.2, 0) is 6.54 Å². The molecule has 0 N–H and O–H groups in total. The molecule has 2 heterocycles. The van der Waals surface area contributed by atoms with Crippen LogP contribution in [0.15, 0.2) is 37.1 Å². The minimum absolute atomic E-state index is 0.672. The predicted molar refractivity (Wildman–Crippen MR) is 59.9 cm³/mol. The number of aldehydes is 1. The molecule has 0 amide bonds. The zero-order valence-corrected chi connectivity index (χ0v) is 8.39. The van der Waals surface area contributed by atoms with Gasteiger partial charge in [0.1, 0.15) is 5.65 Å². The lowest BCUT2D eigenvalue weighted by molar-refractivity contribution is 0.111. The molecule has 3 heteroatoms. The predicted octanol–water partition coefficient (Wildman–Crippen LogP) is 2.42. The summed E-state index contributed by atoms with van der Waals surface area (Å²) in [7, 11) is 0. The Bertz CT molecular complexity index is 499. The van der Waals surface area contributed by atoms with Crippen LogP contribution in [0.25, 0.3) is 11.0 Å². The molecule has 0 saturated carbocycles. The highest BCUT2D eigenvalue weighted by molar-refractivity contribution is 5.86. The Morgan fingerprint density at radius 2 is 2.40 bits per heavy atom. The van der Waals surface area contributed by atoms with Crippen LogP contribution in [0.5, 0.6) is 0 Å². The number of nitrogens with zero attached hydrogens (tertiary/aromatic N) is 2. The first-order valence-corrected chi connectivity index (χ1v) is 4.87. The van der Waals surface area contributed by atoms with Gasteiger partial charge in [0.05, 0.1) is 5.69 Å². The smallest absolute Gasteiger partial charge is 0.166 e. The van der Waals surface area contributed by atoms with Gasteiger partial charge in [-0.05, 0) is 24.6 Å². The molecule has 0 aliphatic carbocycles. The molecule has 2 aromatic heterocycles. The number of hydrogen-bond acceptors (Lipinski definition) is 2. The molecular formula is C12H12N2O. The van der Waals surface area contributed by atoms with Crippen molar-refractivity contribution in [1.82, 2.24) is 9.55 Å². The molecule has 0 fully saturated rings. The van der Waals surface area contributed by atoms with Crippen molar-refractivity contribution < 1.29 is 4.79 Å². The Kier molecular flexibility index (Phi) is 2.63. The van der Waals surface area contributed by atoms with Crippen molar-refractivity contribution in [1.29, 1.82) is 0 Å². The maximum atomic E-state index is 10.9. The summed E-state index contributed by atoms with van der Waals surface area (Å²) in [6.07, 6.45) is 5.27. The second kappa shape index (κ2) is 4.09. The SMILES string of the molecule is C=CCCn1c(C=O)cc2cccnc21. The van der Waals surface area contributed by atoms with Crippen molar-refractivity contribution >= 4 is 17.3 Å². The van der Waals surface area contributed by atoms with E-state index in [0.717, 1.165) is 30.3 Å². The normalized spacial score (nSPS) is 10.4. The fourth-order valence-corrected chi connectivity index (χ4v) is 1.66. The molecule has 76 valence electrons. The lowest BCUT2D eigenvalue weighted by atomic mass is 10.3. The van der Waals surface area contributed by atoms with E-state index in [9.17, 15) is 4.79 Å². The van der Waals surface area contributed by atoms with Gasteiger partial charge in [0.25, 0.3) is 0 Å². The quantitative estimate of drug-likeness (QED) is 0.561. The van der Waals surface area contributed by atoms with Gasteiger partial charge < -0.3 is 4.57 Å². The third-order valence-electron chi connectivity index (χ3n) is 2.37. The van der Waals surface area contributed by atoms with Gasteiger partial charge in [-0.2, -0.15) is 0 Å². The van der Waals surface area contributed by atoms with Crippen molar-refractivity contribution in [2.45, 2.75) is 13.0 Å². The third kappa shape index (κ3) is 1.68.